The molecule has 0 aliphatic carbocycles. The van der Waals surface area contributed by atoms with E-state index in [4.69, 9.17) is 5.11 Å². The van der Waals surface area contributed by atoms with Gasteiger partial charge in [-0.15, -0.1) is 0 Å². The fraction of sp³-hybridized carbons (Fsp3) is 0.462. The summed E-state index contributed by atoms with van der Waals surface area (Å²) in [7, 11) is 0. The van der Waals surface area contributed by atoms with Gasteiger partial charge >= 0.3 is 5.97 Å². The van der Waals surface area contributed by atoms with Crippen LogP contribution in [-0.2, 0) is 5.41 Å². The molecule has 1 aliphatic rings. The predicted octanol–water partition coefficient (Wildman–Crippen LogP) is 0.998. The summed E-state index contributed by atoms with van der Waals surface area (Å²) in [5, 5.41) is 21.7. The first-order valence-corrected chi connectivity index (χ1v) is 5.83. The molecule has 2 rings (SSSR count). The van der Waals surface area contributed by atoms with Crippen molar-refractivity contribution in [1.82, 2.24) is 5.32 Å². The lowest BCUT2D eigenvalue weighted by Gasteiger charge is -2.36. The molecule has 1 heterocycles. The molecule has 1 aromatic rings. The highest BCUT2D eigenvalue weighted by Gasteiger charge is 2.33. The number of aliphatic hydroxyl groups excluding tert-OH is 1. The molecule has 4 nitrogen and oxygen atoms in total. The molecule has 0 radical (unpaired) electrons. The van der Waals surface area contributed by atoms with Crippen LogP contribution in [0.4, 0.5) is 0 Å². The van der Waals surface area contributed by atoms with Crippen molar-refractivity contribution in [3.05, 3.63) is 35.4 Å². The minimum atomic E-state index is -0.917. The predicted molar refractivity (Wildman–Crippen MR) is 64.3 cm³/mol. The van der Waals surface area contributed by atoms with Crippen LogP contribution in [0.1, 0.15) is 28.8 Å². The van der Waals surface area contributed by atoms with Crippen LogP contribution in [0.2, 0.25) is 0 Å². The van der Waals surface area contributed by atoms with E-state index in [1.54, 1.807) is 12.1 Å². The number of aliphatic hydroxyl groups is 1. The first-order valence-electron chi connectivity index (χ1n) is 5.83. The van der Waals surface area contributed by atoms with Crippen LogP contribution in [0, 0.1) is 0 Å². The van der Waals surface area contributed by atoms with Gasteiger partial charge in [-0.3, -0.25) is 0 Å². The molecular weight excluding hydrogens is 218 g/mol. The van der Waals surface area contributed by atoms with Crippen LogP contribution in [0.3, 0.4) is 0 Å². The molecule has 0 atom stereocenters. The van der Waals surface area contributed by atoms with Gasteiger partial charge in [-0.1, -0.05) is 12.1 Å². The summed E-state index contributed by atoms with van der Waals surface area (Å²) in [5.41, 5.74) is 1.12. The van der Waals surface area contributed by atoms with E-state index in [-0.39, 0.29) is 17.6 Å². The number of carbonyl (C=O) groups is 1. The molecule has 0 spiro atoms. The summed E-state index contributed by atoms with van der Waals surface area (Å²) in [5.74, 6) is -0.917. The maximum absolute atomic E-state index is 10.8. The molecule has 3 N–H and O–H groups in total. The third kappa shape index (κ3) is 2.33. The van der Waals surface area contributed by atoms with Crippen LogP contribution in [0.15, 0.2) is 24.3 Å². The molecule has 0 aromatic heterocycles. The average Bonchev–Trinajstić information content (AvgIpc) is 2.39. The topological polar surface area (TPSA) is 69.6 Å². The van der Waals surface area contributed by atoms with Crippen molar-refractivity contribution in [1.29, 1.82) is 0 Å². The Morgan fingerprint density at radius 1 is 1.24 bits per heavy atom. The lowest BCUT2D eigenvalue weighted by Crippen LogP contribution is -2.42. The number of hydrogen-bond acceptors (Lipinski definition) is 3. The van der Waals surface area contributed by atoms with E-state index in [1.807, 2.05) is 12.1 Å². The van der Waals surface area contributed by atoms with Gasteiger partial charge in [0, 0.05) is 5.41 Å². The Kier molecular flexibility index (Phi) is 3.45. The molecule has 0 amide bonds. The Bertz CT molecular complexity index is 394. The van der Waals surface area contributed by atoms with Gasteiger partial charge in [-0.2, -0.15) is 0 Å². The van der Waals surface area contributed by atoms with Gasteiger partial charge in [0.25, 0.3) is 0 Å². The van der Waals surface area contributed by atoms with Crippen molar-refractivity contribution < 1.29 is 15.0 Å². The molecule has 1 aromatic carbocycles. The lowest BCUT2D eigenvalue weighted by molar-refractivity contribution is 0.0697. The largest absolute Gasteiger partial charge is 0.478 e. The quantitative estimate of drug-likeness (QED) is 0.731. The van der Waals surface area contributed by atoms with E-state index in [1.165, 1.54) is 0 Å². The molecular formula is C13H17NO3. The second-order valence-corrected chi connectivity index (χ2v) is 4.57. The van der Waals surface area contributed by atoms with Crippen molar-refractivity contribution in [2.24, 2.45) is 0 Å². The second-order valence-electron chi connectivity index (χ2n) is 4.57. The van der Waals surface area contributed by atoms with Gasteiger partial charge in [0.2, 0.25) is 0 Å². The first-order chi connectivity index (χ1) is 8.18. The monoisotopic (exact) mass is 235 g/mol. The Balaban J connectivity index is 2.27. The molecule has 92 valence electrons. The summed E-state index contributed by atoms with van der Waals surface area (Å²) < 4.78 is 0. The molecule has 0 unspecified atom stereocenters. The Labute approximate surface area is 100 Å². The number of aromatic carboxylic acids is 1. The van der Waals surface area contributed by atoms with Crippen molar-refractivity contribution in [3.63, 3.8) is 0 Å². The number of nitrogens with one attached hydrogen (secondary N) is 1. The first kappa shape index (κ1) is 12.1. The zero-order valence-corrected chi connectivity index (χ0v) is 9.65. The van der Waals surface area contributed by atoms with Gasteiger partial charge in [-0.25, -0.2) is 4.79 Å². The van der Waals surface area contributed by atoms with Crippen LogP contribution < -0.4 is 5.32 Å². The number of carboxylic acid groups (broad SMARTS) is 1. The summed E-state index contributed by atoms with van der Waals surface area (Å²) in [6, 6.07) is 6.87. The van der Waals surface area contributed by atoms with Crippen LogP contribution in [0.5, 0.6) is 0 Å². The zero-order chi connectivity index (χ0) is 12.3. The molecule has 1 fully saturated rings. The van der Waals surface area contributed by atoms with Crippen molar-refractivity contribution in [2.45, 2.75) is 18.3 Å². The van der Waals surface area contributed by atoms with E-state index >= 15 is 0 Å². The molecule has 1 aliphatic heterocycles. The molecule has 17 heavy (non-hydrogen) atoms. The molecule has 1 saturated heterocycles. The van der Waals surface area contributed by atoms with Crippen LogP contribution >= 0.6 is 0 Å². The van der Waals surface area contributed by atoms with E-state index in [2.05, 4.69) is 5.32 Å². The van der Waals surface area contributed by atoms with Gasteiger partial charge in [0.15, 0.2) is 0 Å². The normalized spacial score (nSPS) is 18.9. The third-order valence-electron chi connectivity index (χ3n) is 3.61. The highest BCUT2D eigenvalue weighted by atomic mass is 16.4. The number of carboxylic acids is 1. The van der Waals surface area contributed by atoms with Crippen LogP contribution in [0.25, 0.3) is 0 Å². The summed E-state index contributed by atoms with van der Waals surface area (Å²) in [6.45, 7) is 1.89. The summed E-state index contributed by atoms with van der Waals surface area (Å²) >= 11 is 0. The molecule has 0 saturated carbocycles. The number of rotatable bonds is 3. The van der Waals surface area contributed by atoms with Crippen molar-refractivity contribution >= 4 is 5.97 Å². The minimum absolute atomic E-state index is 0.112. The molecule has 0 bridgehead atoms. The lowest BCUT2D eigenvalue weighted by atomic mass is 9.74. The van der Waals surface area contributed by atoms with E-state index in [9.17, 15) is 9.90 Å². The van der Waals surface area contributed by atoms with Crippen molar-refractivity contribution in [2.75, 3.05) is 19.7 Å². The summed E-state index contributed by atoms with van der Waals surface area (Å²) in [4.78, 5) is 10.8. The summed E-state index contributed by atoms with van der Waals surface area (Å²) in [6.07, 6.45) is 1.77. The average molecular weight is 235 g/mol. The Morgan fingerprint density at radius 2 is 1.82 bits per heavy atom. The van der Waals surface area contributed by atoms with E-state index in [0.717, 1.165) is 31.5 Å². The highest BCUT2D eigenvalue weighted by molar-refractivity contribution is 5.87. The van der Waals surface area contributed by atoms with Gasteiger partial charge in [0.1, 0.15) is 0 Å². The number of piperidine rings is 1. The van der Waals surface area contributed by atoms with Crippen molar-refractivity contribution in [3.8, 4) is 0 Å². The number of hydrogen-bond donors (Lipinski definition) is 3. The highest BCUT2D eigenvalue weighted by Crippen LogP contribution is 2.33. The molecule has 4 heteroatoms. The smallest absolute Gasteiger partial charge is 0.335 e. The minimum Gasteiger partial charge on any atom is -0.478 e. The number of benzene rings is 1. The van der Waals surface area contributed by atoms with Gasteiger partial charge in [0.05, 0.1) is 12.2 Å². The second kappa shape index (κ2) is 4.85. The fourth-order valence-electron chi connectivity index (χ4n) is 2.41. The van der Waals surface area contributed by atoms with Gasteiger partial charge in [-0.05, 0) is 43.6 Å². The van der Waals surface area contributed by atoms with E-state index in [0.29, 0.717) is 0 Å². The standard InChI is InChI=1S/C13H17NO3/c15-9-13(5-7-14-8-6-13)11-3-1-10(2-4-11)12(16)17/h1-4,14-15H,5-9H2,(H,16,17). The Hall–Kier alpha value is -1.39. The van der Waals surface area contributed by atoms with E-state index < -0.39 is 5.97 Å². The Morgan fingerprint density at radius 3 is 2.29 bits per heavy atom. The van der Waals surface area contributed by atoms with Crippen LogP contribution in [-0.4, -0.2) is 35.9 Å². The fourth-order valence-corrected chi connectivity index (χ4v) is 2.41. The SMILES string of the molecule is O=C(O)c1ccc(C2(CO)CCNCC2)cc1. The zero-order valence-electron chi connectivity index (χ0n) is 9.65. The maximum atomic E-state index is 10.8. The maximum Gasteiger partial charge on any atom is 0.335 e. The third-order valence-corrected chi connectivity index (χ3v) is 3.61. The van der Waals surface area contributed by atoms with Gasteiger partial charge < -0.3 is 15.5 Å².